The summed E-state index contributed by atoms with van der Waals surface area (Å²) in [6, 6.07) is 8.00. The number of morpholine rings is 1. The molecule has 0 aromatic heterocycles. The van der Waals surface area contributed by atoms with Gasteiger partial charge in [0, 0.05) is 25.6 Å². The zero-order valence-electron chi connectivity index (χ0n) is 14.6. The fraction of sp³-hybridized carbons (Fsp3) is 0.526. The Labute approximate surface area is 147 Å². The van der Waals surface area contributed by atoms with Crippen molar-refractivity contribution in [3.63, 3.8) is 0 Å². The van der Waals surface area contributed by atoms with Crippen molar-refractivity contribution in [2.24, 2.45) is 0 Å². The van der Waals surface area contributed by atoms with Crippen LogP contribution in [-0.4, -0.2) is 59.9 Å². The summed E-state index contributed by atoms with van der Waals surface area (Å²) in [4.78, 5) is 39.5. The lowest BCUT2D eigenvalue weighted by molar-refractivity contribution is -0.162. The van der Waals surface area contributed by atoms with Crippen LogP contribution < -0.4 is 0 Å². The first-order valence-electron chi connectivity index (χ1n) is 8.81. The molecule has 0 bridgehead atoms. The predicted molar refractivity (Wildman–Crippen MR) is 91.8 cm³/mol. The van der Waals surface area contributed by atoms with Crippen LogP contribution in [0.15, 0.2) is 24.3 Å². The monoisotopic (exact) mass is 344 g/mol. The third-order valence-corrected chi connectivity index (χ3v) is 5.04. The quantitative estimate of drug-likeness (QED) is 0.773. The molecule has 25 heavy (non-hydrogen) atoms. The molecule has 134 valence electrons. The Hall–Kier alpha value is -2.21. The number of piperidine rings is 1. The smallest absolute Gasteiger partial charge is 0.255 e. The van der Waals surface area contributed by atoms with Gasteiger partial charge in [0.25, 0.3) is 11.8 Å². The van der Waals surface area contributed by atoms with Crippen LogP contribution in [0.4, 0.5) is 0 Å². The molecule has 6 heteroatoms. The van der Waals surface area contributed by atoms with E-state index >= 15 is 0 Å². The largest absolute Gasteiger partial charge is 0.362 e. The molecule has 3 amide bonds. The summed E-state index contributed by atoms with van der Waals surface area (Å²) in [6.07, 6.45) is 2.53. The summed E-state index contributed by atoms with van der Waals surface area (Å²) in [5.41, 5.74) is 2.41. The van der Waals surface area contributed by atoms with E-state index in [1.807, 2.05) is 17.0 Å². The van der Waals surface area contributed by atoms with Crippen LogP contribution in [0.5, 0.6) is 0 Å². The van der Waals surface area contributed by atoms with Crippen molar-refractivity contribution >= 4 is 17.7 Å². The van der Waals surface area contributed by atoms with Gasteiger partial charge in [-0.25, -0.2) is 0 Å². The Morgan fingerprint density at radius 3 is 2.40 bits per heavy atom. The molecular weight excluding hydrogens is 320 g/mol. The molecular formula is C19H24N2O4. The Kier molecular flexibility index (Phi) is 5.48. The molecule has 0 atom stereocenters. The van der Waals surface area contributed by atoms with Crippen molar-refractivity contribution in [1.29, 1.82) is 0 Å². The van der Waals surface area contributed by atoms with Gasteiger partial charge in [-0.05, 0) is 37.3 Å². The van der Waals surface area contributed by atoms with Gasteiger partial charge in [-0.15, -0.1) is 0 Å². The molecule has 2 fully saturated rings. The van der Waals surface area contributed by atoms with E-state index in [1.54, 1.807) is 0 Å². The van der Waals surface area contributed by atoms with E-state index in [9.17, 15) is 14.4 Å². The van der Waals surface area contributed by atoms with E-state index < -0.39 is 0 Å². The molecule has 6 nitrogen and oxygen atoms in total. The Bertz CT molecular complexity index is 649. The van der Waals surface area contributed by atoms with E-state index in [0.717, 1.165) is 6.42 Å². The number of carbonyl (C=O) groups is 3. The first-order chi connectivity index (χ1) is 12.1. The second kappa shape index (κ2) is 7.78. The zero-order valence-corrected chi connectivity index (χ0v) is 14.6. The number of hydrogen-bond donors (Lipinski definition) is 0. The van der Waals surface area contributed by atoms with E-state index in [4.69, 9.17) is 4.74 Å². The summed E-state index contributed by atoms with van der Waals surface area (Å²) in [5.74, 6) is -0.387. The zero-order chi connectivity index (χ0) is 17.8. The van der Waals surface area contributed by atoms with Gasteiger partial charge in [-0.1, -0.05) is 24.3 Å². The number of ether oxygens (including phenoxy) is 1. The number of amides is 3. The second-order valence-corrected chi connectivity index (χ2v) is 6.69. The van der Waals surface area contributed by atoms with E-state index in [2.05, 4.69) is 19.1 Å². The number of nitrogens with zero attached hydrogens (tertiary/aromatic N) is 2. The van der Waals surface area contributed by atoms with Crippen molar-refractivity contribution in [3.8, 4) is 0 Å². The first-order valence-corrected chi connectivity index (χ1v) is 8.81. The Morgan fingerprint density at radius 2 is 1.76 bits per heavy atom. The number of rotatable bonds is 4. The van der Waals surface area contributed by atoms with Gasteiger partial charge in [-0.3, -0.25) is 19.3 Å². The summed E-state index contributed by atoms with van der Waals surface area (Å²) < 4.78 is 4.95. The highest BCUT2D eigenvalue weighted by Gasteiger charge is 2.35. The summed E-state index contributed by atoms with van der Waals surface area (Å²) in [5, 5.41) is 0. The highest BCUT2D eigenvalue weighted by Crippen LogP contribution is 2.20. The van der Waals surface area contributed by atoms with Gasteiger partial charge < -0.3 is 9.64 Å². The summed E-state index contributed by atoms with van der Waals surface area (Å²) >= 11 is 0. The van der Waals surface area contributed by atoms with E-state index in [0.29, 0.717) is 32.4 Å². The SMILES string of the molecule is Cc1ccccc1CCC(=O)N1CCC(N2C(=O)COCC2=O)CC1. The van der Waals surface area contributed by atoms with Gasteiger partial charge in [0.2, 0.25) is 5.91 Å². The molecule has 3 rings (SSSR count). The van der Waals surface area contributed by atoms with Crippen molar-refractivity contribution < 1.29 is 19.1 Å². The number of hydrogen-bond acceptors (Lipinski definition) is 4. The fourth-order valence-electron chi connectivity index (χ4n) is 3.57. The van der Waals surface area contributed by atoms with Crippen molar-refractivity contribution in [2.75, 3.05) is 26.3 Å². The van der Waals surface area contributed by atoms with Gasteiger partial charge >= 0.3 is 0 Å². The molecule has 2 heterocycles. The third-order valence-electron chi connectivity index (χ3n) is 5.04. The van der Waals surface area contributed by atoms with Crippen molar-refractivity contribution in [1.82, 2.24) is 9.80 Å². The molecule has 1 aromatic rings. The molecule has 0 spiro atoms. The molecule has 2 aliphatic rings. The molecule has 2 saturated heterocycles. The Balaban J connectivity index is 1.50. The molecule has 0 unspecified atom stereocenters. The fourth-order valence-corrected chi connectivity index (χ4v) is 3.57. The first kappa shape index (κ1) is 17.6. The lowest BCUT2D eigenvalue weighted by Crippen LogP contribution is -2.55. The average molecular weight is 344 g/mol. The number of imide groups is 1. The van der Waals surface area contributed by atoms with Crippen LogP contribution >= 0.6 is 0 Å². The average Bonchev–Trinajstić information content (AvgIpc) is 2.61. The number of carbonyl (C=O) groups excluding carboxylic acids is 3. The number of likely N-dealkylation sites (tertiary alicyclic amines) is 1. The topological polar surface area (TPSA) is 66.9 Å². The van der Waals surface area contributed by atoms with Crippen LogP contribution in [-0.2, 0) is 25.5 Å². The molecule has 1 aromatic carbocycles. The normalized spacial score (nSPS) is 19.4. The molecule has 0 N–H and O–H groups in total. The van der Waals surface area contributed by atoms with Crippen LogP contribution in [0, 0.1) is 6.92 Å². The second-order valence-electron chi connectivity index (χ2n) is 6.69. The minimum absolute atomic E-state index is 0.0265. The third kappa shape index (κ3) is 4.07. The lowest BCUT2D eigenvalue weighted by Gasteiger charge is -2.38. The van der Waals surface area contributed by atoms with Crippen LogP contribution in [0.3, 0.4) is 0 Å². The van der Waals surface area contributed by atoms with Crippen LogP contribution in [0.1, 0.15) is 30.4 Å². The van der Waals surface area contributed by atoms with E-state index in [-0.39, 0.29) is 37.0 Å². The minimum atomic E-state index is -0.263. The molecule has 2 aliphatic heterocycles. The standard InChI is InChI=1S/C19H24N2O4/c1-14-4-2-3-5-15(14)6-7-17(22)20-10-8-16(9-11-20)21-18(23)12-25-13-19(21)24/h2-5,16H,6-13H2,1H3. The van der Waals surface area contributed by atoms with Gasteiger partial charge in [0.15, 0.2) is 0 Å². The molecule has 0 radical (unpaired) electrons. The van der Waals surface area contributed by atoms with Crippen molar-refractivity contribution in [2.45, 2.75) is 38.6 Å². The van der Waals surface area contributed by atoms with Gasteiger partial charge in [-0.2, -0.15) is 0 Å². The summed E-state index contributed by atoms with van der Waals surface area (Å²) in [6.45, 7) is 3.19. The lowest BCUT2D eigenvalue weighted by atomic mass is 10.0. The van der Waals surface area contributed by atoms with Gasteiger partial charge in [0.1, 0.15) is 13.2 Å². The molecule has 0 saturated carbocycles. The Morgan fingerprint density at radius 1 is 1.12 bits per heavy atom. The van der Waals surface area contributed by atoms with E-state index in [1.165, 1.54) is 16.0 Å². The number of benzene rings is 1. The maximum Gasteiger partial charge on any atom is 0.255 e. The maximum absolute atomic E-state index is 12.5. The highest BCUT2D eigenvalue weighted by molar-refractivity contribution is 5.98. The van der Waals surface area contributed by atoms with Crippen LogP contribution in [0.25, 0.3) is 0 Å². The van der Waals surface area contributed by atoms with Crippen molar-refractivity contribution in [3.05, 3.63) is 35.4 Å². The highest BCUT2D eigenvalue weighted by atomic mass is 16.5. The molecule has 0 aliphatic carbocycles. The number of aryl methyl sites for hydroxylation is 2. The van der Waals surface area contributed by atoms with Crippen LogP contribution in [0.2, 0.25) is 0 Å². The predicted octanol–water partition coefficient (Wildman–Crippen LogP) is 1.30. The minimum Gasteiger partial charge on any atom is -0.362 e. The van der Waals surface area contributed by atoms with Gasteiger partial charge in [0.05, 0.1) is 0 Å². The summed E-state index contributed by atoms with van der Waals surface area (Å²) in [7, 11) is 0. The maximum atomic E-state index is 12.5.